The molecule has 12 nitrogen and oxygen atoms in total. The zero-order chi connectivity index (χ0) is 26.7. The molecule has 13 heteroatoms. The summed E-state index contributed by atoms with van der Waals surface area (Å²) in [4.78, 5) is 24.2. The van der Waals surface area contributed by atoms with Crippen molar-refractivity contribution in [3.63, 3.8) is 0 Å². The number of aliphatic hydroxyl groups is 2. The molecule has 38 heavy (non-hydrogen) atoms. The molecule has 0 spiro atoms. The molecule has 1 fully saturated rings. The second-order valence-electron chi connectivity index (χ2n) is 9.26. The highest BCUT2D eigenvalue weighted by Crippen LogP contribution is 2.29. The Bertz CT molecular complexity index is 1430. The number of fused-ring (bicyclic) bond motifs is 1. The van der Waals surface area contributed by atoms with E-state index in [-0.39, 0.29) is 6.61 Å². The number of nitrogens with one attached hydrogen (secondary N) is 1. The number of aliphatic hydroxyl groups excluding tert-OH is 2. The number of anilines is 3. The molecule has 0 radical (unpaired) electrons. The maximum Gasteiger partial charge on any atom is 0.229 e. The number of aromatic nitrogens is 4. The summed E-state index contributed by atoms with van der Waals surface area (Å²) in [5, 5.41) is 25.1. The largest absolute Gasteiger partial charge is 0.395 e. The van der Waals surface area contributed by atoms with Crippen LogP contribution in [0.3, 0.4) is 0 Å². The van der Waals surface area contributed by atoms with Crippen LogP contribution in [0.1, 0.15) is 24.3 Å². The van der Waals surface area contributed by atoms with Crippen LogP contribution in [0.4, 0.5) is 17.6 Å². The lowest BCUT2D eigenvalue weighted by molar-refractivity contribution is 0.108. The Kier molecular flexibility index (Phi) is 7.63. The molecule has 1 saturated heterocycles. The minimum atomic E-state index is -3.42. The van der Waals surface area contributed by atoms with E-state index in [1.54, 1.807) is 24.1 Å². The SMILES string of the molecule is CC(O)c1cc2cnc(Nc3ccc(CN4CCN(CCO)CC4)cn3)nc2c(N2C=CS(=O)(=O)C=C2)n1. The lowest BCUT2D eigenvalue weighted by Gasteiger charge is -2.34. The predicted octanol–water partition coefficient (Wildman–Crippen LogP) is 1.50. The second-order valence-corrected chi connectivity index (χ2v) is 11.0. The van der Waals surface area contributed by atoms with Crippen LogP contribution in [0.25, 0.3) is 10.9 Å². The Hall–Kier alpha value is -3.49. The number of hydrogen-bond donors (Lipinski definition) is 3. The molecule has 0 saturated carbocycles. The van der Waals surface area contributed by atoms with Crippen molar-refractivity contribution in [3.05, 3.63) is 65.1 Å². The lowest BCUT2D eigenvalue weighted by Crippen LogP contribution is -2.46. The van der Waals surface area contributed by atoms with Gasteiger partial charge in [-0.3, -0.25) is 9.80 Å². The first-order chi connectivity index (χ1) is 18.3. The maximum atomic E-state index is 11.8. The number of pyridine rings is 2. The molecule has 0 bridgehead atoms. The van der Waals surface area contributed by atoms with Gasteiger partial charge in [0.1, 0.15) is 11.3 Å². The summed E-state index contributed by atoms with van der Waals surface area (Å²) < 4.78 is 23.6. The van der Waals surface area contributed by atoms with Gasteiger partial charge in [0.05, 0.1) is 29.2 Å². The van der Waals surface area contributed by atoms with Crippen molar-refractivity contribution >= 4 is 38.3 Å². The number of sulfone groups is 1. The van der Waals surface area contributed by atoms with Crippen LogP contribution in [0, 0.1) is 0 Å². The third-order valence-electron chi connectivity index (χ3n) is 6.41. The van der Waals surface area contributed by atoms with Crippen LogP contribution in [0.15, 0.2) is 53.8 Å². The smallest absolute Gasteiger partial charge is 0.229 e. The molecule has 0 amide bonds. The van der Waals surface area contributed by atoms with Gasteiger partial charge in [-0.25, -0.2) is 28.4 Å². The van der Waals surface area contributed by atoms with Gasteiger partial charge < -0.3 is 20.4 Å². The summed E-state index contributed by atoms with van der Waals surface area (Å²) in [6.07, 6.45) is 5.41. The zero-order valence-electron chi connectivity index (χ0n) is 21.0. The minimum absolute atomic E-state index is 0.191. The third-order valence-corrected chi connectivity index (χ3v) is 7.42. The van der Waals surface area contributed by atoms with E-state index in [0.717, 1.165) is 55.6 Å². The Labute approximate surface area is 220 Å². The van der Waals surface area contributed by atoms with Crippen LogP contribution in [0.2, 0.25) is 0 Å². The molecule has 3 N–H and O–H groups in total. The molecule has 5 rings (SSSR count). The van der Waals surface area contributed by atoms with Crippen molar-refractivity contribution in [3.8, 4) is 0 Å². The van der Waals surface area contributed by atoms with Crippen molar-refractivity contribution < 1.29 is 18.6 Å². The topological polar surface area (TPSA) is 148 Å². The third kappa shape index (κ3) is 6.14. The second kappa shape index (κ2) is 11.1. The molecular formula is C25H30N8O4S. The molecule has 2 aliphatic heterocycles. The van der Waals surface area contributed by atoms with Gasteiger partial charge in [-0.05, 0) is 24.6 Å². The standard InChI is InChI=1S/C25H30N8O4S/c1-18(35)21-14-20-16-27-25(30-23(20)24(28-21)33-9-12-38(36,37)13-10-33)29-22-3-2-19(15-26-22)17-32-6-4-31(5-7-32)8-11-34/h2-3,9-10,12-16,18,34-35H,4-8,11,17H2,1H3,(H,26,27,29,30). The summed E-state index contributed by atoms with van der Waals surface area (Å²) in [7, 11) is -3.42. The molecule has 3 aromatic heterocycles. The Morgan fingerprint density at radius 2 is 1.76 bits per heavy atom. The predicted molar refractivity (Wildman–Crippen MR) is 144 cm³/mol. The first-order valence-corrected chi connectivity index (χ1v) is 13.9. The molecule has 1 unspecified atom stereocenters. The van der Waals surface area contributed by atoms with Gasteiger partial charge in [0, 0.05) is 69.4 Å². The van der Waals surface area contributed by atoms with Crippen LogP contribution >= 0.6 is 0 Å². The lowest BCUT2D eigenvalue weighted by atomic mass is 10.2. The average molecular weight is 539 g/mol. The molecule has 1 atom stereocenters. The fraction of sp³-hybridized carbons (Fsp3) is 0.360. The summed E-state index contributed by atoms with van der Waals surface area (Å²) >= 11 is 0. The summed E-state index contributed by atoms with van der Waals surface area (Å²) in [5.41, 5.74) is 2.00. The molecular weight excluding hydrogens is 508 g/mol. The highest BCUT2D eigenvalue weighted by atomic mass is 32.2. The molecule has 0 aliphatic carbocycles. The number of rotatable bonds is 8. The van der Waals surface area contributed by atoms with Crippen molar-refractivity contribution in [1.29, 1.82) is 0 Å². The number of hydrogen-bond acceptors (Lipinski definition) is 12. The van der Waals surface area contributed by atoms with E-state index in [2.05, 4.69) is 35.1 Å². The van der Waals surface area contributed by atoms with E-state index in [1.807, 2.05) is 18.3 Å². The first kappa shape index (κ1) is 26.1. The highest BCUT2D eigenvalue weighted by Gasteiger charge is 2.19. The van der Waals surface area contributed by atoms with Crippen LogP contribution < -0.4 is 10.2 Å². The van der Waals surface area contributed by atoms with Gasteiger partial charge in [-0.15, -0.1) is 0 Å². The van der Waals surface area contributed by atoms with Crippen LogP contribution in [-0.2, 0) is 16.4 Å². The van der Waals surface area contributed by atoms with Gasteiger partial charge >= 0.3 is 0 Å². The molecule has 5 heterocycles. The van der Waals surface area contributed by atoms with Crippen molar-refractivity contribution in [2.45, 2.75) is 19.6 Å². The Balaban J connectivity index is 1.33. The van der Waals surface area contributed by atoms with Crippen molar-refractivity contribution in [1.82, 2.24) is 29.7 Å². The van der Waals surface area contributed by atoms with Crippen LogP contribution in [0.5, 0.6) is 0 Å². The van der Waals surface area contributed by atoms with Gasteiger partial charge in [0.25, 0.3) is 0 Å². The van der Waals surface area contributed by atoms with Crippen LogP contribution in [-0.4, -0.2) is 87.7 Å². The van der Waals surface area contributed by atoms with E-state index >= 15 is 0 Å². The normalized spacial score (nSPS) is 18.7. The zero-order valence-corrected chi connectivity index (χ0v) is 21.8. The molecule has 2 aliphatic rings. The van der Waals surface area contributed by atoms with E-state index in [9.17, 15) is 13.5 Å². The number of nitrogens with zero attached hydrogens (tertiary/aromatic N) is 7. The fourth-order valence-corrected chi connectivity index (χ4v) is 5.00. The minimum Gasteiger partial charge on any atom is -0.395 e. The van der Waals surface area contributed by atoms with Gasteiger partial charge in [-0.2, -0.15) is 0 Å². The van der Waals surface area contributed by atoms with E-state index in [0.29, 0.717) is 34.2 Å². The number of β-amino-alcohol motifs (C(OH)–C–C–N with tert-alkyl or cyclic N) is 1. The van der Waals surface area contributed by atoms with Gasteiger partial charge in [0.15, 0.2) is 15.7 Å². The summed E-state index contributed by atoms with van der Waals surface area (Å²) in [5.74, 6) is 1.26. The van der Waals surface area contributed by atoms with Crippen molar-refractivity contribution in [2.75, 3.05) is 49.5 Å². The van der Waals surface area contributed by atoms with Gasteiger partial charge in [0.2, 0.25) is 5.95 Å². The Morgan fingerprint density at radius 1 is 1.03 bits per heavy atom. The van der Waals surface area contributed by atoms with E-state index in [4.69, 9.17) is 5.11 Å². The van der Waals surface area contributed by atoms with Gasteiger partial charge in [-0.1, -0.05) is 6.07 Å². The Morgan fingerprint density at radius 3 is 2.42 bits per heavy atom. The summed E-state index contributed by atoms with van der Waals surface area (Å²) in [6.45, 7) is 7.11. The maximum absolute atomic E-state index is 11.8. The summed E-state index contributed by atoms with van der Waals surface area (Å²) in [6, 6.07) is 5.60. The molecule has 0 aromatic carbocycles. The first-order valence-electron chi connectivity index (χ1n) is 12.3. The van der Waals surface area contributed by atoms with E-state index in [1.165, 1.54) is 12.4 Å². The van der Waals surface area contributed by atoms with Crippen molar-refractivity contribution in [2.24, 2.45) is 0 Å². The average Bonchev–Trinajstić information content (AvgIpc) is 2.90. The quantitative estimate of drug-likeness (QED) is 0.382. The monoisotopic (exact) mass is 538 g/mol. The highest BCUT2D eigenvalue weighted by molar-refractivity contribution is 7.97. The van der Waals surface area contributed by atoms with E-state index < -0.39 is 15.9 Å². The fourth-order valence-electron chi connectivity index (χ4n) is 4.31. The number of piperazine rings is 1. The molecule has 200 valence electrons. The molecule has 3 aromatic rings.